The van der Waals surface area contributed by atoms with Gasteiger partial charge in [0.05, 0.1) is 11.5 Å². The highest BCUT2D eigenvalue weighted by atomic mass is 32.2. The van der Waals surface area contributed by atoms with Gasteiger partial charge in [0, 0.05) is 31.8 Å². The Balaban J connectivity index is 2.17. The molecule has 1 amide bonds. The summed E-state index contributed by atoms with van der Waals surface area (Å²) in [6.07, 6.45) is 2.05. The SMILES string of the molecule is CCN(C(=O)c1cccc(S(=O)(=O)NCCOC)c1)C1CC1. The lowest BCUT2D eigenvalue weighted by atomic mass is 10.2. The Kier molecular flexibility index (Phi) is 5.55. The van der Waals surface area contributed by atoms with Crippen LogP contribution in [-0.4, -0.2) is 52.1 Å². The lowest BCUT2D eigenvalue weighted by molar-refractivity contribution is 0.0752. The van der Waals surface area contributed by atoms with Gasteiger partial charge in [0.25, 0.3) is 5.91 Å². The molecule has 1 aromatic carbocycles. The third-order valence-corrected chi connectivity index (χ3v) is 5.04. The quantitative estimate of drug-likeness (QED) is 0.729. The van der Waals surface area contributed by atoms with E-state index in [-0.39, 0.29) is 17.3 Å². The molecule has 122 valence electrons. The van der Waals surface area contributed by atoms with Crippen LogP contribution in [-0.2, 0) is 14.8 Å². The molecule has 6 nitrogen and oxygen atoms in total. The summed E-state index contributed by atoms with van der Waals surface area (Å²) in [6, 6.07) is 6.47. The fourth-order valence-electron chi connectivity index (χ4n) is 2.28. The van der Waals surface area contributed by atoms with E-state index in [1.807, 2.05) is 6.92 Å². The first-order valence-corrected chi connectivity index (χ1v) is 8.87. The zero-order chi connectivity index (χ0) is 16.2. The minimum absolute atomic E-state index is 0.0984. The van der Waals surface area contributed by atoms with Gasteiger partial charge in [-0.05, 0) is 38.0 Å². The number of nitrogens with one attached hydrogen (secondary N) is 1. The fraction of sp³-hybridized carbons (Fsp3) is 0.533. The van der Waals surface area contributed by atoms with Gasteiger partial charge >= 0.3 is 0 Å². The second kappa shape index (κ2) is 7.21. The average Bonchev–Trinajstić information content (AvgIpc) is 3.33. The molecule has 0 bridgehead atoms. The third kappa shape index (κ3) is 4.06. The molecule has 0 unspecified atom stereocenters. The number of rotatable bonds is 8. The molecule has 0 radical (unpaired) electrons. The summed E-state index contributed by atoms with van der Waals surface area (Å²) in [5.74, 6) is -0.112. The number of sulfonamides is 1. The second-order valence-electron chi connectivity index (χ2n) is 5.24. The van der Waals surface area contributed by atoms with E-state index in [1.54, 1.807) is 17.0 Å². The summed E-state index contributed by atoms with van der Waals surface area (Å²) in [6.45, 7) is 3.05. The minimum atomic E-state index is -3.63. The topological polar surface area (TPSA) is 75.7 Å². The fourth-order valence-corrected chi connectivity index (χ4v) is 3.34. The molecule has 0 saturated heterocycles. The molecule has 7 heteroatoms. The van der Waals surface area contributed by atoms with Crippen molar-refractivity contribution in [3.05, 3.63) is 29.8 Å². The summed E-state index contributed by atoms with van der Waals surface area (Å²) in [4.78, 5) is 14.4. The number of hydrogen-bond donors (Lipinski definition) is 1. The lowest BCUT2D eigenvalue weighted by Crippen LogP contribution is -2.33. The minimum Gasteiger partial charge on any atom is -0.383 e. The van der Waals surface area contributed by atoms with Gasteiger partial charge in [0.2, 0.25) is 10.0 Å². The Morgan fingerprint density at radius 2 is 2.14 bits per heavy atom. The maximum absolute atomic E-state index is 12.5. The third-order valence-electron chi connectivity index (χ3n) is 3.58. The first-order chi connectivity index (χ1) is 10.5. The second-order valence-corrected chi connectivity index (χ2v) is 7.01. The number of ether oxygens (including phenoxy) is 1. The normalized spacial score (nSPS) is 14.8. The van der Waals surface area contributed by atoms with Crippen molar-refractivity contribution in [2.24, 2.45) is 0 Å². The zero-order valence-corrected chi connectivity index (χ0v) is 13.7. The first-order valence-electron chi connectivity index (χ1n) is 7.39. The summed E-state index contributed by atoms with van der Waals surface area (Å²) in [7, 11) is -2.12. The van der Waals surface area contributed by atoms with Crippen molar-refractivity contribution < 1.29 is 17.9 Å². The van der Waals surface area contributed by atoms with Crippen LogP contribution in [0.3, 0.4) is 0 Å². The van der Waals surface area contributed by atoms with E-state index in [9.17, 15) is 13.2 Å². The van der Waals surface area contributed by atoms with Crippen LogP contribution in [0.25, 0.3) is 0 Å². The van der Waals surface area contributed by atoms with Gasteiger partial charge < -0.3 is 9.64 Å². The molecule has 1 saturated carbocycles. The van der Waals surface area contributed by atoms with E-state index in [4.69, 9.17) is 4.74 Å². The van der Waals surface area contributed by atoms with Crippen molar-refractivity contribution in [1.29, 1.82) is 0 Å². The molecular weight excluding hydrogens is 304 g/mol. The largest absolute Gasteiger partial charge is 0.383 e. The average molecular weight is 326 g/mol. The van der Waals surface area contributed by atoms with E-state index in [0.29, 0.717) is 24.8 Å². The molecule has 2 rings (SSSR count). The molecule has 22 heavy (non-hydrogen) atoms. The van der Waals surface area contributed by atoms with Crippen LogP contribution >= 0.6 is 0 Å². The molecule has 1 aliphatic rings. The number of methoxy groups -OCH3 is 1. The maximum atomic E-state index is 12.5. The van der Waals surface area contributed by atoms with Gasteiger partial charge in [-0.15, -0.1) is 0 Å². The predicted octanol–water partition coefficient (Wildman–Crippen LogP) is 1.24. The van der Waals surface area contributed by atoms with Crippen molar-refractivity contribution in [1.82, 2.24) is 9.62 Å². The molecule has 1 aromatic rings. The van der Waals surface area contributed by atoms with Gasteiger partial charge in [-0.25, -0.2) is 13.1 Å². The van der Waals surface area contributed by atoms with Crippen LogP contribution < -0.4 is 4.72 Å². The Hall–Kier alpha value is -1.44. The van der Waals surface area contributed by atoms with Crippen molar-refractivity contribution in [3.8, 4) is 0 Å². The number of nitrogens with zero attached hydrogens (tertiary/aromatic N) is 1. The van der Waals surface area contributed by atoms with E-state index in [2.05, 4.69) is 4.72 Å². The number of hydrogen-bond acceptors (Lipinski definition) is 4. The zero-order valence-electron chi connectivity index (χ0n) is 12.9. The monoisotopic (exact) mass is 326 g/mol. The van der Waals surface area contributed by atoms with Gasteiger partial charge in [0.15, 0.2) is 0 Å². The summed E-state index contributed by atoms with van der Waals surface area (Å²) in [5.41, 5.74) is 0.406. The highest BCUT2D eigenvalue weighted by molar-refractivity contribution is 7.89. The summed E-state index contributed by atoms with van der Waals surface area (Å²) in [5, 5.41) is 0. The van der Waals surface area contributed by atoms with Crippen LogP contribution in [0.2, 0.25) is 0 Å². The van der Waals surface area contributed by atoms with Crippen molar-refractivity contribution in [3.63, 3.8) is 0 Å². The number of carbonyl (C=O) groups excluding carboxylic acids is 1. The van der Waals surface area contributed by atoms with Crippen molar-refractivity contribution >= 4 is 15.9 Å². The molecule has 0 heterocycles. The van der Waals surface area contributed by atoms with Crippen LogP contribution in [0, 0.1) is 0 Å². The smallest absolute Gasteiger partial charge is 0.254 e. The Bertz CT molecular complexity index is 626. The standard InChI is InChI=1S/C15H22N2O4S/c1-3-17(13-7-8-13)15(18)12-5-4-6-14(11-12)22(19,20)16-9-10-21-2/h4-6,11,13,16H,3,7-10H2,1-2H3. The predicted molar refractivity (Wildman–Crippen MR) is 83.2 cm³/mol. The van der Waals surface area contributed by atoms with Crippen LogP contribution in [0.15, 0.2) is 29.2 Å². The number of carbonyl (C=O) groups is 1. The lowest BCUT2D eigenvalue weighted by Gasteiger charge is -2.20. The summed E-state index contributed by atoms with van der Waals surface area (Å²) >= 11 is 0. The molecule has 0 aliphatic heterocycles. The van der Waals surface area contributed by atoms with E-state index in [0.717, 1.165) is 12.8 Å². The van der Waals surface area contributed by atoms with Gasteiger partial charge in [-0.3, -0.25) is 4.79 Å². The molecular formula is C15H22N2O4S. The Morgan fingerprint density at radius 3 is 2.73 bits per heavy atom. The van der Waals surface area contributed by atoms with E-state index < -0.39 is 10.0 Å². The first kappa shape index (κ1) is 16.9. The van der Waals surface area contributed by atoms with E-state index >= 15 is 0 Å². The van der Waals surface area contributed by atoms with Crippen LogP contribution in [0.5, 0.6) is 0 Å². The highest BCUT2D eigenvalue weighted by Crippen LogP contribution is 2.28. The maximum Gasteiger partial charge on any atom is 0.254 e. The molecule has 0 spiro atoms. The van der Waals surface area contributed by atoms with Crippen LogP contribution in [0.1, 0.15) is 30.1 Å². The number of amides is 1. The Morgan fingerprint density at radius 1 is 1.41 bits per heavy atom. The number of benzene rings is 1. The van der Waals surface area contributed by atoms with Crippen molar-refractivity contribution in [2.45, 2.75) is 30.7 Å². The Labute approximate surface area is 131 Å². The van der Waals surface area contributed by atoms with E-state index in [1.165, 1.54) is 19.2 Å². The van der Waals surface area contributed by atoms with Gasteiger partial charge in [0.1, 0.15) is 0 Å². The molecule has 0 atom stereocenters. The van der Waals surface area contributed by atoms with Crippen molar-refractivity contribution in [2.75, 3.05) is 26.8 Å². The van der Waals surface area contributed by atoms with Crippen LogP contribution in [0.4, 0.5) is 0 Å². The molecule has 1 N–H and O–H groups in total. The molecule has 0 aromatic heterocycles. The van der Waals surface area contributed by atoms with Gasteiger partial charge in [-0.2, -0.15) is 0 Å². The highest BCUT2D eigenvalue weighted by Gasteiger charge is 2.32. The molecule has 1 aliphatic carbocycles. The van der Waals surface area contributed by atoms with Gasteiger partial charge in [-0.1, -0.05) is 6.07 Å². The molecule has 1 fully saturated rings. The summed E-state index contributed by atoms with van der Waals surface area (Å²) < 4.78 is 31.6.